The zero-order chi connectivity index (χ0) is 34.6. The van der Waals surface area contributed by atoms with E-state index in [4.69, 9.17) is 9.47 Å². The van der Waals surface area contributed by atoms with E-state index in [-0.39, 0.29) is 24.0 Å². The Hall–Kier alpha value is -1.10. The number of unbranched alkanes of at least 4 members (excludes halogenated alkanes) is 23. The van der Waals surface area contributed by atoms with Crippen LogP contribution in [-0.2, 0) is 19.1 Å². The molecule has 47 heavy (non-hydrogen) atoms. The maximum absolute atomic E-state index is 12.7. The fraction of sp³-hybridized carbons (Fsp3) is 0.952. The maximum atomic E-state index is 12.7. The van der Waals surface area contributed by atoms with Crippen molar-refractivity contribution in [2.75, 3.05) is 19.8 Å². The zero-order valence-electron chi connectivity index (χ0n) is 32.6. The minimum absolute atomic E-state index is 0.0388. The fourth-order valence-electron chi connectivity index (χ4n) is 6.65. The van der Waals surface area contributed by atoms with Crippen LogP contribution in [0.15, 0.2) is 0 Å². The van der Waals surface area contributed by atoms with Crippen molar-refractivity contribution in [1.82, 2.24) is 4.90 Å². The maximum Gasteiger partial charge on any atom is 0.306 e. The number of carbonyl (C=O) groups excluding carboxylic acids is 2. The van der Waals surface area contributed by atoms with Gasteiger partial charge < -0.3 is 14.4 Å². The minimum atomic E-state index is -0.0623. The average molecular weight is 666 g/mol. The molecule has 0 aromatic heterocycles. The molecule has 0 aromatic carbocycles. The standard InChI is InChI=1S/C42H83NO4/c1-6-10-13-16-18-20-21-22-24-26-29-32-36-43(39(5)44)40(9-4)38-46-37-35-41(33-30-27-15-12-8-3)47-42(45)34-31-28-25-23-19-17-14-11-7-2/h40-41H,6-38H2,1-5H3. The van der Waals surface area contributed by atoms with Gasteiger partial charge in [0, 0.05) is 26.3 Å². The van der Waals surface area contributed by atoms with E-state index in [1.807, 2.05) is 4.90 Å². The van der Waals surface area contributed by atoms with Crippen molar-refractivity contribution >= 4 is 11.9 Å². The first-order valence-electron chi connectivity index (χ1n) is 21.0. The fourth-order valence-corrected chi connectivity index (χ4v) is 6.65. The normalized spacial score (nSPS) is 12.7. The topological polar surface area (TPSA) is 55.8 Å². The van der Waals surface area contributed by atoms with Crippen molar-refractivity contribution in [2.45, 2.75) is 239 Å². The predicted octanol–water partition coefficient (Wildman–Crippen LogP) is 12.9. The molecule has 0 aromatic rings. The number of amides is 1. The van der Waals surface area contributed by atoms with Crippen molar-refractivity contribution in [3.63, 3.8) is 0 Å². The van der Waals surface area contributed by atoms with E-state index in [1.54, 1.807) is 6.92 Å². The van der Waals surface area contributed by atoms with E-state index >= 15 is 0 Å². The molecule has 2 unspecified atom stereocenters. The summed E-state index contributed by atoms with van der Waals surface area (Å²) in [5, 5.41) is 0. The molecular weight excluding hydrogens is 582 g/mol. The molecule has 5 heteroatoms. The number of ether oxygens (including phenoxy) is 2. The Morgan fingerprint density at radius 3 is 1.40 bits per heavy atom. The van der Waals surface area contributed by atoms with Gasteiger partial charge in [0.2, 0.25) is 5.91 Å². The number of nitrogens with zero attached hydrogens (tertiary/aromatic N) is 1. The molecule has 0 radical (unpaired) electrons. The third-order valence-electron chi connectivity index (χ3n) is 9.88. The number of hydrogen-bond acceptors (Lipinski definition) is 4. The summed E-state index contributed by atoms with van der Waals surface area (Å²) in [6.45, 7) is 12.6. The van der Waals surface area contributed by atoms with Crippen LogP contribution in [0.2, 0.25) is 0 Å². The molecule has 1 amide bonds. The van der Waals surface area contributed by atoms with Gasteiger partial charge in [0.1, 0.15) is 6.10 Å². The highest BCUT2D eigenvalue weighted by Gasteiger charge is 2.20. The van der Waals surface area contributed by atoms with Crippen molar-refractivity contribution in [3.8, 4) is 0 Å². The Labute approximate surface area is 294 Å². The summed E-state index contributed by atoms with van der Waals surface area (Å²) in [6, 6.07) is 0.113. The lowest BCUT2D eigenvalue weighted by molar-refractivity contribution is -0.150. The Bertz CT molecular complexity index is 669. The van der Waals surface area contributed by atoms with Crippen molar-refractivity contribution in [2.24, 2.45) is 0 Å². The van der Waals surface area contributed by atoms with Crippen LogP contribution in [0.4, 0.5) is 0 Å². The quantitative estimate of drug-likeness (QED) is 0.0489. The van der Waals surface area contributed by atoms with Gasteiger partial charge >= 0.3 is 5.97 Å². The lowest BCUT2D eigenvalue weighted by Gasteiger charge is -2.30. The van der Waals surface area contributed by atoms with Crippen LogP contribution < -0.4 is 0 Å². The van der Waals surface area contributed by atoms with Crippen LogP contribution in [0.1, 0.15) is 227 Å². The Morgan fingerprint density at radius 2 is 0.957 bits per heavy atom. The summed E-state index contributed by atoms with van der Waals surface area (Å²) in [6.07, 6.45) is 36.3. The summed E-state index contributed by atoms with van der Waals surface area (Å²) in [4.78, 5) is 27.3. The van der Waals surface area contributed by atoms with Crippen molar-refractivity contribution in [3.05, 3.63) is 0 Å². The van der Waals surface area contributed by atoms with Gasteiger partial charge in [-0.25, -0.2) is 0 Å². The van der Waals surface area contributed by atoms with Gasteiger partial charge in [0.25, 0.3) is 0 Å². The van der Waals surface area contributed by atoms with Crippen LogP contribution in [0.25, 0.3) is 0 Å². The van der Waals surface area contributed by atoms with Gasteiger partial charge in [0.15, 0.2) is 0 Å². The molecule has 2 atom stereocenters. The van der Waals surface area contributed by atoms with Gasteiger partial charge in [-0.3, -0.25) is 9.59 Å². The van der Waals surface area contributed by atoms with Crippen molar-refractivity contribution < 1.29 is 19.1 Å². The number of rotatable bonds is 37. The van der Waals surface area contributed by atoms with E-state index in [9.17, 15) is 9.59 Å². The second kappa shape index (κ2) is 36.2. The van der Waals surface area contributed by atoms with Crippen LogP contribution in [0.5, 0.6) is 0 Å². The molecule has 0 aliphatic carbocycles. The molecule has 0 N–H and O–H groups in total. The molecule has 0 rings (SSSR count). The van der Waals surface area contributed by atoms with Gasteiger partial charge in [-0.1, -0.05) is 175 Å². The molecule has 0 fully saturated rings. The van der Waals surface area contributed by atoms with E-state index in [0.717, 1.165) is 51.5 Å². The lowest BCUT2D eigenvalue weighted by Crippen LogP contribution is -2.42. The average Bonchev–Trinajstić information content (AvgIpc) is 3.06. The van der Waals surface area contributed by atoms with E-state index in [2.05, 4.69) is 27.7 Å². The van der Waals surface area contributed by atoms with E-state index in [0.29, 0.717) is 19.6 Å². The SMILES string of the molecule is CCCCCCCCCCCCCCN(C(C)=O)C(CC)COCCC(CCCCCCC)OC(=O)CCCCCCCCCCC. The second-order valence-electron chi connectivity index (χ2n) is 14.4. The molecule has 0 bridgehead atoms. The molecule has 280 valence electrons. The molecule has 5 nitrogen and oxygen atoms in total. The third-order valence-corrected chi connectivity index (χ3v) is 9.88. The highest BCUT2D eigenvalue weighted by Crippen LogP contribution is 2.17. The Morgan fingerprint density at radius 1 is 0.532 bits per heavy atom. The third kappa shape index (κ3) is 30.7. The Balaban J connectivity index is 4.40. The van der Waals surface area contributed by atoms with Crippen LogP contribution in [0.3, 0.4) is 0 Å². The molecule has 0 saturated carbocycles. The van der Waals surface area contributed by atoms with E-state index < -0.39 is 0 Å². The van der Waals surface area contributed by atoms with Crippen LogP contribution in [-0.4, -0.2) is 48.7 Å². The van der Waals surface area contributed by atoms with E-state index in [1.165, 1.54) is 141 Å². The summed E-state index contributed by atoms with van der Waals surface area (Å²) in [7, 11) is 0. The molecule has 0 spiro atoms. The van der Waals surface area contributed by atoms with Crippen LogP contribution in [0, 0.1) is 0 Å². The summed E-state index contributed by atoms with van der Waals surface area (Å²) < 4.78 is 12.2. The first-order valence-corrected chi connectivity index (χ1v) is 21.0. The van der Waals surface area contributed by atoms with Gasteiger partial charge in [-0.05, 0) is 32.1 Å². The first-order chi connectivity index (χ1) is 23.0. The first kappa shape index (κ1) is 45.9. The molecular formula is C42H83NO4. The summed E-state index contributed by atoms with van der Waals surface area (Å²) in [5.74, 6) is 0.113. The predicted molar refractivity (Wildman–Crippen MR) is 203 cm³/mol. The highest BCUT2D eigenvalue weighted by molar-refractivity contribution is 5.73. The number of esters is 1. The largest absolute Gasteiger partial charge is 0.462 e. The highest BCUT2D eigenvalue weighted by atomic mass is 16.5. The number of hydrogen-bond donors (Lipinski definition) is 0. The molecule has 0 saturated heterocycles. The van der Waals surface area contributed by atoms with Crippen LogP contribution >= 0.6 is 0 Å². The summed E-state index contributed by atoms with van der Waals surface area (Å²) >= 11 is 0. The van der Waals surface area contributed by atoms with Gasteiger partial charge in [-0.15, -0.1) is 0 Å². The molecule has 0 aliphatic heterocycles. The number of carbonyl (C=O) groups is 2. The lowest BCUT2D eigenvalue weighted by atomic mass is 10.0. The monoisotopic (exact) mass is 666 g/mol. The molecule has 0 heterocycles. The second-order valence-corrected chi connectivity index (χ2v) is 14.4. The van der Waals surface area contributed by atoms with Gasteiger partial charge in [0.05, 0.1) is 19.3 Å². The summed E-state index contributed by atoms with van der Waals surface area (Å²) in [5.41, 5.74) is 0. The minimum Gasteiger partial charge on any atom is -0.462 e. The molecule has 0 aliphatic rings. The smallest absolute Gasteiger partial charge is 0.306 e. The van der Waals surface area contributed by atoms with Crippen molar-refractivity contribution in [1.29, 1.82) is 0 Å². The zero-order valence-corrected chi connectivity index (χ0v) is 32.6. The Kier molecular flexibility index (Phi) is 35.3. The van der Waals surface area contributed by atoms with Gasteiger partial charge in [-0.2, -0.15) is 0 Å².